The number of carboxylic acids is 1. The molecule has 0 aliphatic carbocycles. The number of methoxy groups -OCH3 is 1. The minimum atomic E-state index is -0.997. The molecule has 1 atom stereocenters. The fraction of sp³-hybridized carbons (Fsp3) is 0.182. The second-order valence-corrected chi connectivity index (χ2v) is 7.79. The van der Waals surface area contributed by atoms with Crippen molar-refractivity contribution in [3.05, 3.63) is 69.4 Å². The maximum Gasteiger partial charge on any atom is 0.346 e. The molecule has 142 valence electrons. The third-order valence-electron chi connectivity index (χ3n) is 5.04. The summed E-state index contributed by atoms with van der Waals surface area (Å²) in [7, 11) is 1.58. The SMILES string of the molecule is COc1ccc(-c2c(C(=O)O)sc3c2NC(=O)CC3c2ccccc2C)cc1. The Hall–Kier alpha value is -3.12. The Morgan fingerprint density at radius 1 is 1.18 bits per heavy atom. The number of fused-ring (bicyclic) bond motifs is 1. The van der Waals surface area contributed by atoms with Gasteiger partial charge in [-0.3, -0.25) is 4.79 Å². The number of hydrogen-bond donors (Lipinski definition) is 2. The zero-order valence-corrected chi connectivity index (χ0v) is 16.3. The molecule has 1 aromatic heterocycles. The third kappa shape index (κ3) is 3.05. The van der Waals surface area contributed by atoms with Gasteiger partial charge in [-0.15, -0.1) is 11.3 Å². The van der Waals surface area contributed by atoms with Gasteiger partial charge >= 0.3 is 5.97 Å². The van der Waals surface area contributed by atoms with Crippen molar-refractivity contribution in [2.45, 2.75) is 19.3 Å². The number of anilines is 1. The van der Waals surface area contributed by atoms with Crippen LogP contribution in [-0.2, 0) is 4.79 Å². The maximum absolute atomic E-state index is 12.5. The summed E-state index contributed by atoms with van der Waals surface area (Å²) in [6.45, 7) is 2.01. The van der Waals surface area contributed by atoms with Crippen molar-refractivity contribution < 1.29 is 19.4 Å². The van der Waals surface area contributed by atoms with Crippen molar-refractivity contribution in [3.8, 4) is 16.9 Å². The highest BCUT2D eigenvalue weighted by molar-refractivity contribution is 7.15. The Morgan fingerprint density at radius 2 is 1.89 bits per heavy atom. The minimum absolute atomic E-state index is 0.106. The number of rotatable bonds is 4. The fourth-order valence-corrected chi connectivity index (χ4v) is 4.94. The van der Waals surface area contributed by atoms with Gasteiger partial charge in [0.25, 0.3) is 0 Å². The van der Waals surface area contributed by atoms with Crippen LogP contribution >= 0.6 is 11.3 Å². The Balaban J connectivity index is 1.93. The lowest BCUT2D eigenvalue weighted by molar-refractivity contribution is -0.116. The average Bonchev–Trinajstić information content (AvgIpc) is 3.07. The van der Waals surface area contributed by atoms with Crippen molar-refractivity contribution in [3.63, 3.8) is 0 Å². The molecule has 6 heteroatoms. The number of benzene rings is 2. The van der Waals surface area contributed by atoms with E-state index >= 15 is 0 Å². The molecule has 5 nitrogen and oxygen atoms in total. The average molecular weight is 393 g/mol. The highest BCUT2D eigenvalue weighted by Crippen LogP contribution is 2.49. The normalized spacial score (nSPS) is 15.6. The van der Waals surface area contributed by atoms with Crippen molar-refractivity contribution in [2.24, 2.45) is 0 Å². The second-order valence-electron chi connectivity index (χ2n) is 6.74. The number of carbonyl (C=O) groups excluding carboxylic acids is 1. The molecule has 2 aromatic carbocycles. The molecule has 0 radical (unpaired) electrons. The van der Waals surface area contributed by atoms with Gasteiger partial charge in [0.05, 0.1) is 12.8 Å². The van der Waals surface area contributed by atoms with Crippen LogP contribution in [0.1, 0.15) is 38.0 Å². The number of ether oxygens (including phenoxy) is 1. The Kier molecular flexibility index (Phi) is 4.65. The van der Waals surface area contributed by atoms with E-state index in [1.54, 1.807) is 19.2 Å². The molecular formula is C22H19NO4S. The van der Waals surface area contributed by atoms with E-state index in [0.29, 0.717) is 23.4 Å². The molecular weight excluding hydrogens is 374 g/mol. The van der Waals surface area contributed by atoms with Crippen molar-refractivity contribution in [2.75, 3.05) is 12.4 Å². The summed E-state index contributed by atoms with van der Waals surface area (Å²) in [6, 6.07) is 15.1. The lowest BCUT2D eigenvalue weighted by Crippen LogP contribution is -2.22. The van der Waals surface area contributed by atoms with Crippen LogP contribution in [-0.4, -0.2) is 24.1 Å². The van der Waals surface area contributed by atoms with Crippen LogP contribution in [0, 0.1) is 6.92 Å². The number of aryl methyl sites for hydroxylation is 1. The van der Waals surface area contributed by atoms with Crippen LogP contribution in [0.2, 0.25) is 0 Å². The smallest absolute Gasteiger partial charge is 0.346 e. The maximum atomic E-state index is 12.5. The summed E-state index contributed by atoms with van der Waals surface area (Å²) >= 11 is 1.24. The summed E-state index contributed by atoms with van der Waals surface area (Å²) in [5.74, 6) is -0.570. The Labute approximate surface area is 166 Å². The number of hydrogen-bond acceptors (Lipinski definition) is 4. The molecule has 1 aliphatic heterocycles. The standard InChI is InChI=1S/C22H19NO4S/c1-12-5-3-4-6-15(12)16-11-17(24)23-19-18(21(22(25)26)28-20(16)19)13-7-9-14(27-2)10-8-13/h3-10,16H,11H2,1-2H3,(H,23,24)(H,25,26). The topological polar surface area (TPSA) is 75.6 Å². The van der Waals surface area contributed by atoms with E-state index in [2.05, 4.69) is 5.32 Å². The minimum Gasteiger partial charge on any atom is -0.497 e. The molecule has 2 N–H and O–H groups in total. The van der Waals surface area contributed by atoms with Gasteiger partial charge in [0.15, 0.2) is 0 Å². The van der Waals surface area contributed by atoms with Gasteiger partial charge in [-0.25, -0.2) is 4.79 Å². The number of amides is 1. The third-order valence-corrected chi connectivity index (χ3v) is 6.33. The van der Waals surface area contributed by atoms with Crippen LogP contribution in [0.25, 0.3) is 11.1 Å². The van der Waals surface area contributed by atoms with Crippen molar-refractivity contribution >= 4 is 28.9 Å². The molecule has 28 heavy (non-hydrogen) atoms. The van der Waals surface area contributed by atoms with Crippen LogP contribution < -0.4 is 10.1 Å². The lowest BCUT2D eigenvalue weighted by atomic mass is 9.86. The fourth-order valence-electron chi connectivity index (χ4n) is 3.70. The van der Waals surface area contributed by atoms with E-state index in [1.807, 2.05) is 43.3 Å². The number of carbonyl (C=O) groups is 2. The molecule has 1 amide bonds. The van der Waals surface area contributed by atoms with Gasteiger partial charge in [0.2, 0.25) is 5.91 Å². The summed E-state index contributed by atoms with van der Waals surface area (Å²) in [4.78, 5) is 25.6. The van der Waals surface area contributed by atoms with Gasteiger partial charge in [0, 0.05) is 22.8 Å². The first-order valence-corrected chi connectivity index (χ1v) is 9.71. The number of carboxylic acid groups (broad SMARTS) is 1. The van der Waals surface area contributed by atoms with E-state index < -0.39 is 5.97 Å². The van der Waals surface area contributed by atoms with E-state index in [4.69, 9.17) is 4.74 Å². The molecule has 1 unspecified atom stereocenters. The number of thiophene rings is 1. The number of nitrogens with one attached hydrogen (secondary N) is 1. The van der Waals surface area contributed by atoms with Crippen LogP contribution in [0.15, 0.2) is 48.5 Å². The molecule has 1 aliphatic rings. The predicted octanol–water partition coefficient (Wildman–Crippen LogP) is 4.90. The van der Waals surface area contributed by atoms with Gasteiger partial charge < -0.3 is 15.2 Å². The zero-order chi connectivity index (χ0) is 19.8. The molecule has 0 spiro atoms. The van der Waals surface area contributed by atoms with Crippen LogP contribution in [0.3, 0.4) is 0 Å². The van der Waals surface area contributed by atoms with Crippen molar-refractivity contribution in [1.29, 1.82) is 0 Å². The second kappa shape index (κ2) is 7.13. The van der Waals surface area contributed by atoms with Gasteiger partial charge in [-0.05, 0) is 35.7 Å². The highest BCUT2D eigenvalue weighted by Gasteiger charge is 2.34. The van der Waals surface area contributed by atoms with Gasteiger partial charge in [-0.2, -0.15) is 0 Å². The molecule has 4 rings (SSSR count). The molecule has 0 bridgehead atoms. The largest absolute Gasteiger partial charge is 0.497 e. The first-order valence-electron chi connectivity index (χ1n) is 8.89. The zero-order valence-electron chi connectivity index (χ0n) is 15.5. The molecule has 0 saturated heterocycles. The van der Waals surface area contributed by atoms with E-state index in [9.17, 15) is 14.7 Å². The Bertz CT molecular complexity index is 1070. The van der Waals surface area contributed by atoms with Crippen LogP contribution in [0.4, 0.5) is 5.69 Å². The monoisotopic (exact) mass is 393 g/mol. The summed E-state index contributed by atoms with van der Waals surface area (Å²) in [6.07, 6.45) is 0.305. The molecule has 0 saturated carbocycles. The van der Waals surface area contributed by atoms with Gasteiger partial charge in [0.1, 0.15) is 10.6 Å². The Morgan fingerprint density at radius 3 is 2.54 bits per heavy atom. The molecule has 3 aromatic rings. The van der Waals surface area contributed by atoms with E-state index in [-0.39, 0.29) is 16.7 Å². The van der Waals surface area contributed by atoms with Gasteiger partial charge in [-0.1, -0.05) is 36.4 Å². The van der Waals surface area contributed by atoms with Crippen LogP contribution in [0.5, 0.6) is 5.75 Å². The number of aromatic carboxylic acids is 1. The summed E-state index contributed by atoms with van der Waals surface area (Å²) < 4.78 is 5.20. The first-order chi connectivity index (χ1) is 13.5. The summed E-state index contributed by atoms with van der Waals surface area (Å²) in [5, 5.41) is 12.8. The lowest BCUT2D eigenvalue weighted by Gasteiger charge is -2.25. The van der Waals surface area contributed by atoms with E-state index in [1.165, 1.54) is 11.3 Å². The summed E-state index contributed by atoms with van der Waals surface area (Å²) in [5.41, 5.74) is 4.04. The van der Waals surface area contributed by atoms with Crippen molar-refractivity contribution in [1.82, 2.24) is 0 Å². The highest BCUT2D eigenvalue weighted by atomic mass is 32.1. The quantitative estimate of drug-likeness (QED) is 0.661. The molecule has 0 fully saturated rings. The van der Waals surface area contributed by atoms with E-state index in [0.717, 1.165) is 21.6 Å². The predicted molar refractivity (Wildman–Crippen MR) is 110 cm³/mol. The molecule has 2 heterocycles. The first kappa shape index (κ1) is 18.3.